The minimum absolute atomic E-state index is 0.0517. The number of hydrogen-bond donors (Lipinski definition) is 2. The molecule has 0 aromatic heterocycles. The van der Waals surface area contributed by atoms with Gasteiger partial charge in [0.05, 0.1) is 23.0 Å². The molecule has 0 amide bonds. The van der Waals surface area contributed by atoms with E-state index in [1.165, 1.54) is 0 Å². The number of sulfonamides is 2. The first-order valence-electron chi connectivity index (χ1n) is 6.68. The second-order valence-corrected chi connectivity index (χ2v) is 10.7. The van der Waals surface area contributed by atoms with Crippen LogP contribution in [-0.4, -0.2) is 61.4 Å². The van der Waals surface area contributed by atoms with Crippen LogP contribution in [0.3, 0.4) is 0 Å². The monoisotopic (exact) mass is 364 g/mol. The molecular formula is C10H24N2O6S3. The molecule has 8 nitrogen and oxygen atoms in total. The van der Waals surface area contributed by atoms with Crippen molar-refractivity contribution in [3.05, 3.63) is 0 Å². The van der Waals surface area contributed by atoms with E-state index in [0.717, 1.165) is 0 Å². The van der Waals surface area contributed by atoms with E-state index in [1.807, 2.05) is 0 Å². The van der Waals surface area contributed by atoms with Crippen molar-refractivity contribution in [1.29, 1.82) is 0 Å². The molecular weight excluding hydrogens is 340 g/mol. The van der Waals surface area contributed by atoms with Gasteiger partial charge in [-0.2, -0.15) is 0 Å². The Morgan fingerprint density at radius 2 is 0.952 bits per heavy atom. The zero-order valence-corrected chi connectivity index (χ0v) is 14.8. The molecule has 0 bridgehead atoms. The summed E-state index contributed by atoms with van der Waals surface area (Å²) in [5, 5.41) is 0. The first-order chi connectivity index (χ1) is 9.54. The summed E-state index contributed by atoms with van der Waals surface area (Å²) in [7, 11) is -10.4. The van der Waals surface area contributed by atoms with Crippen LogP contribution in [0.2, 0.25) is 0 Å². The highest BCUT2D eigenvalue weighted by molar-refractivity contribution is 7.92. The lowest BCUT2D eigenvalue weighted by Crippen LogP contribution is -2.34. The first kappa shape index (κ1) is 20.8. The van der Waals surface area contributed by atoms with E-state index in [4.69, 9.17) is 0 Å². The maximum atomic E-state index is 11.6. The predicted molar refractivity (Wildman–Crippen MR) is 82.8 cm³/mol. The zero-order chi connectivity index (χ0) is 16.6. The Morgan fingerprint density at radius 1 is 0.619 bits per heavy atom. The van der Waals surface area contributed by atoms with Crippen molar-refractivity contribution in [3.63, 3.8) is 0 Å². The molecule has 21 heavy (non-hydrogen) atoms. The number of hydrogen-bond acceptors (Lipinski definition) is 6. The molecule has 0 aliphatic heterocycles. The van der Waals surface area contributed by atoms with Crippen LogP contribution in [0.25, 0.3) is 0 Å². The fourth-order valence-corrected chi connectivity index (χ4v) is 4.97. The largest absolute Gasteiger partial charge is 0.229 e. The van der Waals surface area contributed by atoms with Gasteiger partial charge in [-0.25, -0.2) is 34.7 Å². The average molecular weight is 365 g/mol. The Balaban J connectivity index is 4.17. The predicted octanol–water partition coefficient (Wildman–Crippen LogP) is -0.940. The lowest BCUT2D eigenvalue weighted by atomic mass is 10.6. The van der Waals surface area contributed by atoms with Gasteiger partial charge in [-0.05, 0) is 12.8 Å². The molecule has 0 heterocycles. The molecule has 0 rings (SSSR count). The highest BCUT2D eigenvalue weighted by Gasteiger charge is 2.15. The molecule has 2 N–H and O–H groups in total. The van der Waals surface area contributed by atoms with Gasteiger partial charge in [-0.1, -0.05) is 13.8 Å². The Hall–Kier alpha value is -0.230. The van der Waals surface area contributed by atoms with Crippen molar-refractivity contribution < 1.29 is 25.3 Å². The lowest BCUT2D eigenvalue weighted by Gasteiger charge is -2.08. The van der Waals surface area contributed by atoms with Gasteiger partial charge >= 0.3 is 0 Å². The van der Waals surface area contributed by atoms with E-state index in [2.05, 4.69) is 9.44 Å². The minimum atomic E-state index is -3.51. The summed E-state index contributed by atoms with van der Waals surface area (Å²) in [6, 6.07) is 0. The third-order valence-electron chi connectivity index (χ3n) is 2.42. The van der Waals surface area contributed by atoms with E-state index in [0.29, 0.717) is 12.8 Å². The molecule has 0 atom stereocenters. The molecule has 11 heteroatoms. The maximum absolute atomic E-state index is 11.6. The van der Waals surface area contributed by atoms with Gasteiger partial charge in [0.1, 0.15) is 0 Å². The van der Waals surface area contributed by atoms with Crippen LogP contribution < -0.4 is 9.44 Å². The van der Waals surface area contributed by atoms with Gasteiger partial charge in [-0.3, -0.25) is 0 Å². The third-order valence-corrected chi connectivity index (χ3v) is 7.25. The minimum Gasteiger partial charge on any atom is -0.229 e. The van der Waals surface area contributed by atoms with Crippen molar-refractivity contribution in [2.45, 2.75) is 26.7 Å². The van der Waals surface area contributed by atoms with E-state index in [1.54, 1.807) is 13.8 Å². The topological polar surface area (TPSA) is 126 Å². The van der Waals surface area contributed by atoms with Gasteiger partial charge < -0.3 is 0 Å². The van der Waals surface area contributed by atoms with Crippen LogP contribution in [0, 0.1) is 0 Å². The Bertz CT molecular complexity index is 547. The zero-order valence-electron chi connectivity index (χ0n) is 12.3. The fraction of sp³-hybridized carbons (Fsp3) is 1.00. The number of sulfone groups is 1. The van der Waals surface area contributed by atoms with E-state index < -0.39 is 29.9 Å². The van der Waals surface area contributed by atoms with Crippen LogP contribution in [0.15, 0.2) is 0 Å². The first-order valence-corrected chi connectivity index (χ1v) is 11.8. The molecule has 0 saturated heterocycles. The third kappa shape index (κ3) is 11.0. The Kier molecular flexibility index (Phi) is 8.93. The number of rotatable bonds is 12. The van der Waals surface area contributed by atoms with E-state index in [-0.39, 0.29) is 36.1 Å². The highest BCUT2D eigenvalue weighted by atomic mass is 32.2. The van der Waals surface area contributed by atoms with Gasteiger partial charge in [0, 0.05) is 13.1 Å². The van der Waals surface area contributed by atoms with Crippen molar-refractivity contribution in [3.8, 4) is 0 Å². The van der Waals surface area contributed by atoms with Gasteiger partial charge in [-0.15, -0.1) is 0 Å². The smallest absolute Gasteiger partial charge is 0.211 e. The maximum Gasteiger partial charge on any atom is 0.211 e. The summed E-state index contributed by atoms with van der Waals surface area (Å²) in [4.78, 5) is 0. The lowest BCUT2D eigenvalue weighted by molar-refractivity contribution is 0.578. The molecule has 0 aromatic carbocycles. The van der Waals surface area contributed by atoms with Gasteiger partial charge in [0.2, 0.25) is 20.0 Å². The Labute approximate surface area is 127 Å². The van der Waals surface area contributed by atoms with Crippen molar-refractivity contribution in [2.24, 2.45) is 0 Å². The van der Waals surface area contributed by atoms with Crippen LogP contribution in [-0.2, 0) is 29.9 Å². The van der Waals surface area contributed by atoms with Crippen molar-refractivity contribution >= 4 is 29.9 Å². The van der Waals surface area contributed by atoms with E-state index >= 15 is 0 Å². The highest BCUT2D eigenvalue weighted by Crippen LogP contribution is 1.93. The molecule has 0 unspecified atom stereocenters. The summed E-state index contributed by atoms with van der Waals surface area (Å²) >= 11 is 0. The summed E-state index contributed by atoms with van der Waals surface area (Å²) in [6.07, 6.45) is 0.891. The fourth-order valence-electron chi connectivity index (χ4n) is 1.49. The van der Waals surface area contributed by atoms with E-state index in [9.17, 15) is 25.3 Å². The second-order valence-electron chi connectivity index (χ2n) is 4.58. The Morgan fingerprint density at radius 3 is 1.24 bits per heavy atom. The van der Waals surface area contributed by atoms with Crippen LogP contribution in [0.5, 0.6) is 0 Å². The standard InChI is InChI=1S/C10H24N2O6S3/c1-3-7-20(15,16)11-5-9-19(13,14)10-6-12-21(17,18)8-4-2/h11-12H,3-10H2,1-2H3. The summed E-state index contributed by atoms with van der Waals surface area (Å²) in [5.74, 6) is -0.815. The molecule has 0 spiro atoms. The molecule has 0 saturated carbocycles. The SMILES string of the molecule is CCCS(=O)(=O)NCCS(=O)(=O)CCNS(=O)(=O)CCC. The average Bonchev–Trinajstić information content (AvgIpc) is 2.26. The van der Waals surface area contributed by atoms with Crippen molar-refractivity contribution in [2.75, 3.05) is 36.1 Å². The van der Waals surface area contributed by atoms with Gasteiger partial charge in [0.25, 0.3) is 0 Å². The molecule has 0 fully saturated rings. The van der Waals surface area contributed by atoms with Crippen LogP contribution in [0.1, 0.15) is 26.7 Å². The molecule has 0 aliphatic rings. The number of nitrogens with one attached hydrogen (secondary N) is 2. The summed E-state index contributed by atoms with van der Waals surface area (Å²) < 4.78 is 73.0. The normalized spacial score (nSPS) is 13.4. The molecule has 0 radical (unpaired) electrons. The van der Waals surface area contributed by atoms with Crippen LogP contribution in [0.4, 0.5) is 0 Å². The molecule has 128 valence electrons. The van der Waals surface area contributed by atoms with Gasteiger partial charge in [0.15, 0.2) is 9.84 Å². The quantitative estimate of drug-likeness (QED) is 0.460. The van der Waals surface area contributed by atoms with Crippen molar-refractivity contribution in [1.82, 2.24) is 9.44 Å². The molecule has 0 aromatic rings. The van der Waals surface area contributed by atoms with Crippen LogP contribution >= 0.6 is 0 Å². The molecule has 0 aliphatic carbocycles. The summed E-state index contributed by atoms with van der Waals surface area (Å²) in [5.41, 5.74) is 0. The summed E-state index contributed by atoms with van der Waals surface area (Å²) in [6.45, 7) is 3.01. The second kappa shape index (κ2) is 9.03.